The molecule has 5 rings (SSSR count). The summed E-state index contributed by atoms with van der Waals surface area (Å²) in [7, 11) is 1.43. The van der Waals surface area contributed by atoms with Crippen LogP contribution < -0.4 is 10.1 Å². The summed E-state index contributed by atoms with van der Waals surface area (Å²) in [5.41, 5.74) is -0.538. The molecule has 0 aliphatic carbocycles. The summed E-state index contributed by atoms with van der Waals surface area (Å²) >= 11 is 0. The highest BCUT2D eigenvalue weighted by atomic mass is 16.7. The molecule has 0 aromatic heterocycles. The van der Waals surface area contributed by atoms with Gasteiger partial charge in [0.05, 0.1) is 53.0 Å². The molecule has 3 heterocycles. The minimum absolute atomic E-state index is 0.0426. The number of methoxy groups -OCH3 is 1. The van der Waals surface area contributed by atoms with E-state index in [-0.39, 0.29) is 51.1 Å². The largest absolute Gasteiger partial charge is 0.507 e. The van der Waals surface area contributed by atoms with Crippen molar-refractivity contribution in [3.63, 3.8) is 0 Å². The molecule has 0 unspecified atom stereocenters. The molecule has 3 aliphatic heterocycles. The number of nitrogens with one attached hydrogen (secondary N) is 1. The van der Waals surface area contributed by atoms with E-state index in [1.165, 1.54) is 66.1 Å². The molecule has 0 spiro atoms. The van der Waals surface area contributed by atoms with Crippen LogP contribution in [0.3, 0.4) is 0 Å². The summed E-state index contributed by atoms with van der Waals surface area (Å²) in [4.78, 5) is 46.0. The number of amides is 1. The summed E-state index contributed by atoms with van der Waals surface area (Å²) in [5.74, 6) is -8.54. The number of allylic oxidation sites excluding steroid dienone is 2. The van der Waals surface area contributed by atoms with Gasteiger partial charge in [0.2, 0.25) is 0 Å². The molecule has 3 aliphatic rings. The molecular formula is C47H66N2O13. The first-order valence-corrected chi connectivity index (χ1v) is 21.6. The Morgan fingerprint density at radius 3 is 2.21 bits per heavy atom. The molecule has 5 bridgehead atoms. The van der Waals surface area contributed by atoms with Crippen molar-refractivity contribution in [3.05, 3.63) is 52.8 Å². The van der Waals surface area contributed by atoms with Crippen LogP contribution in [-0.4, -0.2) is 93.3 Å². The lowest BCUT2D eigenvalue weighted by atomic mass is 9.78. The van der Waals surface area contributed by atoms with Gasteiger partial charge in [0, 0.05) is 61.2 Å². The van der Waals surface area contributed by atoms with Gasteiger partial charge in [0.1, 0.15) is 30.0 Å². The molecule has 15 heteroatoms. The van der Waals surface area contributed by atoms with Gasteiger partial charge < -0.3 is 54.6 Å². The van der Waals surface area contributed by atoms with Gasteiger partial charge in [0.15, 0.2) is 5.75 Å². The lowest BCUT2D eigenvalue weighted by Crippen LogP contribution is -2.46. The van der Waals surface area contributed by atoms with Crippen molar-refractivity contribution in [1.29, 1.82) is 0 Å². The van der Waals surface area contributed by atoms with E-state index < -0.39 is 88.8 Å². The van der Waals surface area contributed by atoms with Gasteiger partial charge in [-0.05, 0) is 32.8 Å². The van der Waals surface area contributed by atoms with Crippen LogP contribution in [0.5, 0.6) is 23.0 Å². The Morgan fingerprint density at radius 2 is 1.56 bits per heavy atom. The number of ether oxygens (including phenoxy) is 4. The fourth-order valence-corrected chi connectivity index (χ4v) is 8.14. The van der Waals surface area contributed by atoms with E-state index in [4.69, 9.17) is 23.8 Å². The third kappa shape index (κ3) is 10.9. The van der Waals surface area contributed by atoms with Crippen LogP contribution in [0, 0.1) is 30.6 Å². The number of phenolic OH excluding ortho intramolecular Hbond substituents is 3. The quantitative estimate of drug-likeness (QED) is 0.0299. The third-order valence-corrected chi connectivity index (χ3v) is 12.1. The molecule has 9 atom stereocenters. The van der Waals surface area contributed by atoms with Gasteiger partial charge in [0.25, 0.3) is 11.7 Å². The fourth-order valence-electron chi connectivity index (χ4n) is 8.14. The minimum Gasteiger partial charge on any atom is -0.507 e. The molecule has 6 N–H and O–H groups in total. The first-order valence-electron chi connectivity index (χ1n) is 21.6. The van der Waals surface area contributed by atoms with E-state index in [2.05, 4.69) is 17.4 Å². The molecule has 2 aromatic rings. The summed E-state index contributed by atoms with van der Waals surface area (Å²) in [6.45, 7) is 14.9. The summed E-state index contributed by atoms with van der Waals surface area (Å²) in [6.07, 6.45) is 12.0. The Morgan fingerprint density at radius 1 is 0.903 bits per heavy atom. The summed E-state index contributed by atoms with van der Waals surface area (Å²) < 4.78 is 23.6. The average molecular weight is 867 g/mol. The van der Waals surface area contributed by atoms with Crippen molar-refractivity contribution < 1.29 is 63.7 Å². The molecule has 342 valence electrons. The lowest BCUT2D eigenvalue weighted by molar-refractivity contribution is -0.160. The van der Waals surface area contributed by atoms with E-state index in [1.807, 2.05) is 0 Å². The zero-order valence-corrected chi connectivity index (χ0v) is 37.7. The Balaban J connectivity index is 1.87. The highest BCUT2D eigenvalue weighted by molar-refractivity contribution is 6.23. The van der Waals surface area contributed by atoms with Gasteiger partial charge in [-0.25, -0.2) is 0 Å². The number of fused-ring (bicyclic) bond motifs is 14. The standard InChI is InChI=1S/C47H66N2O13/c1-11-12-13-14-15-16-17-22-60-48-24-32-37-42(55)35-34(41(32)54)36-44(30(7)40(35)53)62-47(9,45(36)56)59-23-21-33(58-10)27(4)43(61-31(8)50)29(6)39(52)28(5)38(51)25(2)19-18-20-26(3)46(57)49-37/h18-21,23-25,27-29,33,38-39,43,51-55H,11-17,22H2,1-10H3,(H,49,57)/b19-18+,23-21+,26-20-,48-24+/t25-,27-,28-,29-,33+,38+,39-,43-,47+/m1/s1. The highest BCUT2D eigenvalue weighted by Crippen LogP contribution is 2.55. The minimum atomic E-state index is -2.06. The van der Waals surface area contributed by atoms with Gasteiger partial charge in [-0.1, -0.05) is 90.1 Å². The number of aliphatic hydroxyl groups is 2. The number of rotatable bonds is 12. The molecular weight excluding hydrogens is 801 g/mol. The summed E-state index contributed by atoms with van der Waals surface area (Å²) in [6, 6.07) is 0. The number of hydrogen-bond donors (Lipinski definition) is 6. The number of ketones is 1. The van der Waals surface area contributed by atoms with E-state index in [0.29, 0.717) is 0 Å². The second-order valence-corrected chi connectivity index (χ2v) is 16.8. The number of anilines is 1. The number of unbranched alkanes of at least 4 members (excludes halogenated alkanes) is 6. The topological polar surface area (TPSA) is 223 Å². The number of esters is 1. The molecule has 62 heavy (non-hydrogen) atoms. The third-order valence-electron chi connectivity index (χ3n) is 12.1. The van der Waals surface area contributed by atoms with E-state index >= 15 is 0 Å². The van der Waals surface area contributed by atoms with Crippen LogP contribution in [0.25, 0.3) is 10.8 Å². The van der Waals surface area contributed by atoms with Gasteiger partial charge in [-0.15, -0.1) is 0 Å². The van der Waals surface area contributed by atoms with Crippen LogP contribution in [0.15, 0.2) is 41.3 Å². The van der Waals surface area contributed by atoms with Gasteiger partial charge in [-0.2, -0.15) is 0 Å². The van der Waals surface area contributed by atoms with Crippen molar-refractivity contribution in [2.24, 2.45) is 28.8 Å². The van der Waals surface area contributed by atoms with E-state index in [9.17, 15) is 39.9 Å². The number of aliphatic hydroxyl groups excluding tert-OH is 2. The Hall–Kier alpha value is -5.12. The maximum Gasteiger partial charge on any atom is 0.312 e. The molecule has 0 saturated carbocycles. The molecule has 1 amide bonds. The van der Waals surface area contributed by atoms with Gasteiger partial charge >= 0.3 is 11.8 Å². The Kier molecular flexibility index (Phi) is 17.4. The number of nitrogens with zero attached hydrogens (tertiary/aromatic N) is 1. The van der Waals surface area contributed by atoms with Crippen molar-refractivity contribution in [1.82, 2.24) is 0 Å². The molecule has 0 fully saturated rings. The van der Waals surface area contributed by atoms with Crippen LogP contribution >= 0.6 is 0 Å². The van der Waals surface area contributed by atoms with Crippen molar-refractivity contribution >= 4 is 40.3 Å². The number of oxime groups is 1. The van der Waals surface area contributed by atoms with Crippen LogP contribution in [0.4, 0.5) is 5.69 Å². The zero-order valence-electron chi connectivity index (χ0n) is 37.7. The van der Waals surface area contributed by atoms with Crippen molar-refractivity contribution in [2.45, 2.75) is 137 Å². The van der Waals surface area contributed by atoms with Crippen LogP contribution in [-0.2, 0) is 28.6 Å². The van der Waals surface area contributed by atoms with E-state index in [1.54, 1.807) is 39.8 Å². The zero-order chi connectivity index (χ0) is 46.1. The number of aromatic hydroxyl groups is 3. The number of phenols is 3. The number of carbonyl (C=O) groups is 3. The van der Waals surface area contributed by atoms with Gasteiger partial charge in [-0.3, -0.25) is 14.4 Å². The van der Waals surface area contributed by atoms with Crippen LogP contribution in [0.2, 0.25) is 0 Å². The van der Waals surface area contributed by atoms with Crippen molar-refractivity contribution in [2.75, 3.05) is 19.0 Å². The maximum absolute atomic E-state index is 14.4. The predicted octanol–water partition coefficient (Wildman–Crippen LogP) is 7.86. The number of Topliss-reactive ketones (excluding diaryl/α,β-unsaturated/α-hetero) is 1. The SMILES string of the molecule is CCCCCCCCCO/N=C/c1c2c(O)c3c(O)c(C)c4c(c3c1O)C(=O)[C@@](C)(O/C=C/[C@H](OC)[C@@H](C)[C@@H](OC(C)=O)[C@H](C)[C@H](O)[C@H](C)[C@@H](O)[C@H](C)/C=C/C=C(/C)C(=O)N2)O4. The monoisotopic (exact) mass is 866 g/mol. The van der Waals surface area contributed by atoms with E-state index in [0.717, 1.165) is 38.3 Å². The Labute approximate surface area is 364 Å². The first kappa shape index (κ1) is 49.5. The lowest BCUT2D eigenvalue weighted by Gasteiger charge is -2.38. The Bertz CT molecular complexity index is 2060. The second-order valence-electron chi connectivity index (χ2n) is 16.8. The average Bonchev–Trinajstić information content (AvgIpc) is 3.50. The highest BCUT2D eigenvalue weighted by Gasteiger charge is 2.50. The number of hydrogen-bond acceptors (Lipinski definition) is 14. The molecule has 0 saturated heterocycles. The van der Waals surface area contributed by atoms with Crippen molar-refractivity contribution in [3.8, 4) is 23.0 Å². The predicted molar refractivity (Wildman–Crippen MR) is 235 cm³/mol. The van der Waals surface area contributed by atoms with Crippen LogP contribution in [0.1, 0.15) is 122 Å². The molecule has 0 radical (unpaired) electrons. The summed E-state index contributed by atoms with van der Waals surface area (Å²) in [5, 5.41) is 64.4. The fraction of sp³-hybridized carbons (Fsp3) is 0.574. The molecule has 15 nitrogen and oxygen atoms in total. The normalized spacial score (nSPS) is 29.2. The smallest absolute Gasteiger partial charge is 0.312 e. The molecule has 2 aromatic carbocycles. The second kappa shape index (κ2) is 21.8. The number of benzene rings is 2. The maximum atomic E-state index is 14.4. The number of carbonyl (C=O) groups excluding carboxylic acids is 3. The first-order chi connectivity index (χ1) is 29.3.